The molecule has 12 heavy (non-hydrogen) atoms. The molecule has 0 aromatic heterocycles. The third-order valence-corrected chi connectivity index (χ3v) is 1.73. The van der Waals surface area contributed by atoms with Gasteiger partial charge in [0, 0.05) is 6.54 Å². The Balaban J connectivity index is 2.72. The van der Waals surface area contributed by atoms with Crippen LogP contribution in [-0.2, 0) is 9.53 Å². The Labute approximate surface area is 76.0 Å². The first kappa shape index (κ1) is 9.13. The van der Waals surface area contributed by atoms with Crippen LogP contribution in [0.25, 0.3) is 0 Å². The fourth-order valence-electron chi connectivity index (χ4n) is 0.860. The molecule has 0 aliphatic carbocycles. The van der Waals surface area contributed by atoms with Gasteiger partial charge in [-0.15, -0.1) is 0 Å². The second kappa shape index (κ2) is 4.16. The largest absolute Gasteiger partial charge is 0.462 e. The molecule has 0 saturated heterocycles. The number of hydrogen-bond acceptors (Lipinski definition) is 3. The van der Waals surface area contributed by atoms with Crippen LogP contribution < -0.4 is 5.32 Å². The molecule has 0 spiro atoms. The van der Waals surface area contributed by atoms with Gasteiger partial charge in [0.15, 0.2) is 0 Å². The van der Waals surface area contributed by atoms with Crippen LogP contribution in [0.1, 0.15) is 6.92 Å². The number of rotatable bonds is 2. The Morgan fingerprint density at radius 3 is 3.17 bits per heavy atom. The summed E-state index contributed by atoms with van der Waals surface area (Å²) in [7, 11) is 0. The molecule has 0 unspecified atom stereocenters. The summed E-state index contributed by atoms with van der Waals surface area (Å²) in [6, 6.07) is 0. The predicted octanol–water partition coefficient (Wildman–Crippen LogP) is 1.16. The Hall–Kier alpha value is -0.960. The van der Waals surface area contributed by atoms with Crippen LogP contribution >= 0.6 is 11.6 Å². The van der Waals surface area contributed by atoms with E-state index in [1.807, 2.05) is 6.08 Å². The van der Waals surface area contributed by atoms with Crippen molar-refractivity contribution in [2.45, 2.75) is 6.92 Å². The monoisotopic (exact) mass is 187 g/mol. The van der Waals surface area contributed by atoms with Crippen LogP contribution in [-0.4, -0.2) is 19.1 Å². The average molecular weight is 188 g/mol. The zero-order valence-corrected chi connectivity index (χ0v) is 7.52. The summed E-state index contributed by atoms with van der Waals surface area (Å²) < 4.78 is 4.78. The third-order valence-electron chi connectivity index (χ3n) is 1.39. The van der Waals surface area contributed by atoms with Crippen LogP contribution in [0.15, 0.2) is 22.9 Å². The summed E-state index contributed by atoms with van der Waals surface area (Å²) in [5, 5.41) is 3.19. The van der Waals surface area contributed by atoms with Gasteiger partial charge < -0.3 is 10.1 Å². The molecule has 4 heteroatoms. The van der Waals surface area contributed by atoms with E-state index in [-0.39, 0.29) is 5.97 Å². The maximum atomic E-state index is 11.2. The Bertz CT molecular complexity index is 245. The number of esters is 1. The lowest BCUT2D eigenvalue weighted by Crippen LogP contribution is -2.19. The number of hydrogen-bond donors (Lipinski definition) is 1. The fraction of sp³-hybridized carbons (Fsp3) is 0.375. The predicted molar refractivity (Wildman–Crippen MR) is 46.7 cm³/mol. The molecule has 1 aliphatic rings. The van der Waals surface area contributed by atoms with Gasteiger partial charge in [-0.05, 0) is 13.0 Å². The Morgan fingerprint density at radius 1 is 1.83 bits per heavy atom. The van der Waals surface area contributed by atoms with E-state index in [4.69, 9.17) is 16.3 Å². The SMILES string of the molecule is CCOC(=O)C1=C(Cl)NCC=C1. The summed E-state index contributed by atoms with van der Waals surface area (Å²) >= 11 is 5.73. The number of halogens is 1. The molecule has 3 nitrogen and oxygen atoms in total. The molecular weight excluding hydrogens is 178 g/mol. The molecule has 1 aliphatic heterocycles. The molecule has 66 valence electrons. The Morgan fingerprint density at radius 2 is 2.58 bits per heavy atom. The first-order valence-corrected chi connectivity index (χ1v) is 4.10. The van der Waals surface area contributed by atoms with E-state index in [1.165, 1.54) is 0 Å². The number of ether oxygens (including phenoxy) is 1. The van der Waals surface area contributed by atoms with E-state index in [9.17, 15) is 4.79 Å². The topological polar surface area (TPSA) is 38.3 Å². The number of carbonyl (C=O) groups excluding carboxylic acids is 1. The molecule has 1 N–H and O–H groups in total. The number of nitrogens with one attached hydrogen (secondary N) is 1. The summed E-state index contributed by atoms with van der Waals surface area (Å²) in [6.07, 6.45) is 3.48. The lowest BCUT2D eigenvalue weighted by atomic mass is 10.2. The van der Waals surface area contributed by atoms with Crippen molar-refractivity contribution in [1.29, 1.82) is 0 Å². The quantitative estimate of drug-likeness (QED) is 0.521. The fourth-order valence-corrected chi connectivity index (χ4v) is 1.08. The molecule has 1 rings (SSSR count). The van der Waals surface area contributed by atoms with Crippen LogP contribution in [0.5, 0.6) is 0 Å². The van der Waals surface area contributed by atoms with Crippen molar-refractivity contribution in [3.8, 4) is 0 Å². The summed E-state index contributed by atoms with van der Waals surface area (Å²) in [5.74, 6) is -0.383. The smallest absolute Gasteiger partial charge is 0.341 e. The van der Waals surface area contributed by atoms with Crippen LogP contribution in [0, 0.1) is 0 Å². The van der Waals surface area contributed by atoms with Gasteiger partial charge in [0.2, 0.25) is 0 Å². The van der Waals surface area contributed by atoms with E-state index < -0.39 is 0 Å². The zero-order valence-electron chi connectivity index (χ0n) is 6.76. The molecule has 0 amide bonds. The van der Waals surface area contributed by atoms with E-state index in [0.29, 0.717) is 23.9 Å². The first-order chi connectivity index (χ1) is 5.75. The van der Waals surface area contributed by atoms with Gasteiger partial charge >= 0.3 is 5.97 Å². The van der Waals surface area contributed by atoms with Gasteiger partial charge in [-0.3, -0.25) is 0 Å². The molecule has 0 saturated carbocycles. The highest BCUT2D eigenvalue weighted by Gasteiger charge is 2.14. The standard InChI is InChI=1S/C8H10ClNO2/c1-2-12-8(11)6-4-3-5-10-7(6)9/h3-4,10H,2,5H2,1H3. The van der Waals surface area contributed by atoms with Crippen molar-refractivity contribution in [3.63, 3.8) is 0 Å². The van der Waals surface area contributed by atoms with Gasteiger partial charge in [0.25, 0.3) is 0 Å². The zero-order chi connectivity index (χ0) is 8.97. The molecule has 0 aromatic rings. The summed E-state index contributed by atoms with van der Waals surface area (Å²) in [5.41, 5.74) is 0.393. The van der Waals surface area contributed by atoms with E-state index >= 15 is 0 Å². The Kier molecular flexibility index (Phi) is 3.17. The van der Waals surface area contributed by atoms with E-state index in [1.54, 1.807) is 13.0 Å². The highest BCUT2D eigenvalue weighted by atomic mass is 35.5. The maximum absolute atomic E-state index is 11.2. The highest BCUT2D eigenvalue weighted by molar-refractivity contribution is 6.31. The van der Waals surface area contributed by atoms with Gasteiger partial charge in [-0.1, -0.05) is 17.7 Å². The van der Waals surface area contributed by atoms with Gasteiger partial charge in [0.1, 0.15) is 5.16 Å². The molecule has 0 aromatic carbocycles. The molecule has 0 bridgehead atoms. The van der Waals surface area contributed by atoms with Crippen molar-refractivity contribution < 1.29 is 9.53 Å². The lowest BCUT2D eigenvalue weighted by Gasteiger charge is -2.11. The minimum atomic E-state index is -0.383. The molecule has 0 radical (unpaired) electrons. The second-order valence-electron chi connectivity index (χ2n) is 2.23. The minimum absolute atomic E-state index is 0.357. The van der Waals surface area contributed by atoms with Crippen LogP contribution in [0.4, 0.5) is 0 Å². The maximum Gasteiger partial charge on any atom is 0.341 e. The van der Waals surface area contributed by atoms with Crippen molar-refractivity contribution in [1.82, 2.24) is 5.32 Å². The average Bonchev–Trinajstić information content (AvgIpc) is 2.05. The van der Waals surface area contributed by atoms with Gasteiger partial charge in [-0.2, -0.15) is 0 Å². The summed E-state index contributed by atoms with van der Waals surface area (Å²) in [6.45, 7) is 2.77. The lowest BCUT2D eigenvalue weighted by molar-refractivity contribution is -0.138. The third kappa shape index (κ3) is 2.01. The number of carbonyl (C=O) groups is 1. The van der Waals surface area contributed by atoms with Crippen LogP contribution in [0.2, 0.25) is 0 Å². The number of dihydropyridines is 1. The van der Waals surface area contributed by atoms with Gasteiger partial charge in [-0.25, -0.2) is 4.79 Å². The van der Waals surface area contributed by atoms with Gasteiger partial charge in [0.05, 0.1) is 12.2 Å². The molecule has 0 fully saturated rings. The van der Waals surface area contributed by atoms with Crippen molar-refractivity contribution >= 4 is 17.6 Å². The van der Waals surface area contributed by atoms with Crippen molar-refractivity contribution in [2.75, 3.05) is 13.2 Å². The van der Waals surface area contributed by atoms with Crippen molar-refractivity contribution in [3.05, 3.63) is 22.9 Å². The van der Waals surface area contributed by atoms with Crippen molar-refractivity contribution in [2.24, 2.45) is 0 Å². The van der Waals surface area contributed by atoms with E-state index in [0.717, 1.165) is 0 Å². The second-order valence-corrected chi connectivity index (χ2v) is 2.61. The highest BCUT2D eigenvalue weighted by Crippen LogP contribution is 2.12. The molecule has 0 atom stereocenters. The molecular formula is C8H10ClNO2. The minimum Gasteiger partial charge on any atom is -0.462 e. The first-order valence-electron chi connectivity index (χ1n) is 3.73. The van der Waals surface area contributed by atoms with E-state index in [2.05, 4.69) is 5.32 Å². The normalized spacial score (nSPS) is 15.8. The summed E-state index contributed by atoms with van der Waals surface area (Å²) in [4.78, 5) is 11.2. The molecule has 1 heterocycles. The van der Waals surface area contributed by atoms with Crippen LogP contribution in [0.3, 0.4) is 0 Å².